The SMILES string of the molecule is COc1cc(-c2nnc(CSc3nc4ccccc4c(=O)n3CCC(C)C)o2)cc(OC)c1OC. The van der Waals surface area contributed by atoms with Gasteiger partial charge >= 0.3 is 0 Å². The largest absolute Gasteiger partial charge is 0.493 e. The molecule has 0 amide bonds. The van der Waals surface area contributed by atoms with E-state index in [1.54, 1.807) is 38.0 Å². The summed E-state index contributed by atoms with van der Waals surface area (Å²) < 4.78 is 23.8. The molecule has 4 rings (SSSR count). The molecule has 0 saturated carbocycles. The van der Waals surface area contributed by atoms with E-state index < -0.39 is 0 Å². The maximum Gasteiger partial charge on any atom is 0.262 e. The average Bonchev–Trinajstić information content (AvgIpc) is 3.35. The summed E-state index contributed by atoms with van der Waals surface area (Å²) in [5, 5.41) is 9.61. The summed E-state index contributed by atoms with van der Waals surface area (Å²) in [7, 11) is 4.64. The highest BCUT2D eigenvalue weighted by molar-refractivity contribution is 7.98. The van der Waals surface area contributed by atoms with Crippen LogP contribution in [0, 0.1) is 5.92 Å². The molecule has 0 fully saturated rings. The number of ether oxygens (including phenoxy) is 3. The Morgan fingerprint density at radius 2 is 1.74 bits per heavy atom. The molecule has 2 aromatic carbocycles. The zero-order valence-corrected chi connectivity index (χ0v) is 21.2. The van der Waals surface area contributed by atoms with Gasteiger partial charge in [-0.3, -0.25) is 9.36 Å². The van der Waals surface area contributed by atoms with E-state index in [4.69, 9.17) is 23.6 Å². The summed E-state index contributed by atoms with van der Waals surface area (Å²) in [6.07, 6.45) is 0.874. The lowest BCUT2D eigenvalue weighted by Crippen LogP contribution is -2.24. The minimum absolute atomic E-state index is 0.0395. The number of benzene rings is 2. The number of aromatic nitrogens is 4. The second-order valence-corrected chi connectivity index (χ2v) is 9.20. The van der Waals surface area contributed by atoms with Crippen molar-refractivity contribution >= 4 is 22.7 Å². The Bertz CT molecular complexity index is 1360. The molecule has 2 aromatic heterocycles. The van der Waals surface area contributed by atoms with Crippen molar-refractivity contribution < 1.29 is 18.6 Å². The van der Waals surface area contributed by atoms with Crippen LogP contribution in [0.15, 0.2) is 50.8 Å². The lowest BCUT2D eigenvalue weighted by atomic mass is 10.1. The third-order valence-electron chi connectivity index (χ3n) is 5.46. The molecule has 10 heteroatoms. The predicted molar refractivity (Wildman–Crippen MR) is 134 cm³/mol. The van der Waals surface area contributed by atoms with Gasteiger partial charge in [0.15, 0.2) is 16.7 Å². The first-order chi connectivity index (χ1) is 16.9. The van der Waals surface area contributed by atoms with Crippen LogP contribution in [0.3, 0.4) is 0 Å². The molecule has 0 aliphatic carbocycles. The molecule has 0 radical (unpaired) electrons. The molecule has 2 heterocycles. The number of hydrogen-bond donors (Lipinski definition) is 0. The van der Waals surface area contributed by atoms with Gasteiger partial charge in [0.25, 0.3) is 5.56 Å². The Morgan fingerprint density at radius 1 is 1.03 bits per heavy atom. The monoisotopic (exact) mass is 496 g/mol. The maximum absolute atomic E-state index is 13.2. The van der Waals surface area contributed by atoms with Crippen molar-refractivity contribution in [2.24, 2.45) is 5.92 Å². The van der Waals surface area contributed by atoms with Crippen LogP contribution in [0.25, 0.3) is 22.4 Å². The molecule has 0 bridgehead atoms. The molecular formula is C25H28N4O5S. The highest BCUT2D eigenvalue weighted by Crippen LogP contribution is 2.41. The lowest BCUT2D eigenvalue weighted by Gasteiger charge is -2.13. The van der Waals surface area contributed by atoms with E-state index in [0.29, 0.717) is 68.9 Å². The number of methoxy groups -OCH3 is 3. The Hall–Kier alpha value is -3.53. The Labute approximate surface area is 207 Å². The zero-order chi connectivity index (χ0) is 24.9. The minimum Gasteiger partial charge on any atom is -0.493 e. The van der Waals surface area contributed by atoms with Gasteiger partial charge in [0, 0.05) is 12.1 Å². The summed E-state index contributed by atoms with van der Waals surface area (Å²) in [6.45, 7) is 4.86. The zero-order valence-electron chi connectivity index (χ0n) is 20.4. The minimum atomic E-state index is -0.0395. The number of hydrogen-bond acceptors (Lipinski definition) is 9. The van der Waals surface area contributed by atoms with Gasteiger partial charge in [-0.25, -0.2) is 4.98 Å². The quantitative estimate of drug-likeness (QED) is 0.226. The number of rotatable bonds is 10. The van der Waals surface area contributed by atoms with Crippen molar-refractivity contribution in [2.75, 3.05) is 21.3 Å². The van der Waals surface area contributed by atoms with Crippen LogP contribution >= 0.6 is 11.8 Å². The Kier molecular flexibility index (Phi) is 7.60. The first-order valence-corrected chi connectivity index (χ1v) is 12.2. The molecule has 0 N–H and O–H groups in total. The van der Waals surface area contributed by atoms with Gasteiger partial charge in [-0.15, -0.1) is 10.2 Å². The van der Waals surface area contributed by atoms with E-state index in [1.165, 1.54) is 11.8 Å². The standard InChI is InChI=1S/C25H28N4O5S/c1-15(2)10-11-29-24(30)17-8-6-7-9-18(17)26-25(29)35-14-21-27-28-23(34-21)16-12-19(31-3)22(33-5)20(13-16)32-4/h6-9,12-13,15H,10-11,14H2,1-5H3. The van der Waals surface area contributed by atoms with Crippen molar-refractivity contribution in [3.8, 4) is 28.7 Å². The molecule has 0 aliphatic rings. The molecule has 35 heavy (non-hydrogen) atoms. The molecule has 0 atom stereocenters. The fourth-order valence-electron chi connectivity index (χ4n) is 3.60. The highest BCUT2D eigenvalue weighted by Gasteiger charge is 2.18. The van der Waals surface area contributed by atoms with E-state index >= 15 is 0 Å². The molecule has 184 valence electrons. The molecule has 0 spiro atoms. The van der Waals surface area contributed by atoms with E-state index in [9.17, 15) is 4.79 Å². The molecule has 0 aliphatic heterocycles. The van der Waals surface area contributed by atoms with E-state index in [2.05, 4.69) is 24.0 Å². The number of thioether (sulfide) groups is 1. The summed E-state index contributed by atoms with van der Waals surface area (Å²) in [4.78, 5) is 17.9. The van der Waals surface area contributed by atoms with Crippen molar-refractivity contribution in [1.29, 1.82) is 0 Å². The van der Waals surface area contributed by atoms with Gasteiger partial charge in [-0.1, -0.05) is 37.7 Å². The summed E-state index contributed by atoms with van der Waals surface area (Å²) >= 11 is 1.40. The topological polar surface area (TPSA) is 102 Å². The second-order valence-electron chi connectivity index (χ2n) is 8.25. The van der Waals surface area contributed by atoms with Crippen LogP contribution in [0.4, 0.5) is 0 Å². The van der Waals surface area contributed by atoms with E-state index in [-0.39, 0.29) is 5.56 Å². The van der Waals surface area contributed by atoms with Crippen molar-refractivity contribution in [1.82, 2.24) is 19.7 Å². The van der Waals surface area contributed by atoms with Crippen molar-refractivity contribution in [3.05, 3.63) is 52.6 Å². The summed E-state index contributed by atoms with van der Waals surface area (Å²) in [5.41, 5.74) is 1.27. The van der Waals surface area contributed by atoms with Crippen LogP contribution in [0.1, 0.15) is 26.2 Å². The smallest absolute Gasteiger partial charge is 0.262 e. The van der Waals surface area contributed by atoms with E-state index in [0.717, 1.165) is 6.42 Å². The lowest BCUT2D eigenvalue weighted by molar-refractivity contribution is 0.324. The first kappa shape index (κ1) is 24.6. The van der Waals surface area contributed by atoms with Crippen molar-refractivity contribution in [3.63, 3.8) is 0 Å². The van der Waals surface area contributed by atoms with Gasteiger partial charge in [-0.05, 0) is 36.6 Å². The van der Waals surface area contributed by atoms with Gasteiger partial charge in [0.2, 0.25) is 17.5 Å². The maximum atomic E-state index is 13.2. The number of fused-ring (bicyclic) bond motifs is 1. The fourth-order valence-corrected chi connectivity index (χ4v) is 4.46. The Balaban J connectivity index is 1.61. The number of nitrogens with zero attached hydrogens (tertiary/aromatic N) is 4. The second kappa shape index (κ2) is 10.8. The van der Waals surface area contributed by atoms with E-state index in [1.807, 2.05) is 24.3 Å². The van der Waals surface area contributed by atoms with Gasteiger partial charge in [-0.2, -0.15) is 0 Å². The van der Waals surface area contributed by atoms with Crippen LogP contribution in [-0.2, 0) is 12.3 Å². The first-order valence-electron chi connectivity index (χ1n) is 11.2. The third-order valence-corrected chi connectivity index (χ3v) is 6.42. The number of para-hydroxylation sites is 1. The van der Waals surface area contributed by atoms with Crippen LogP contribution < -0.4 is 19.8 Å². The molecule has 0 saturated heterocycles. The van der Waals surface area contributed by atoms with Gasteiger partial charge in [0.1, 0.15) is 0 Å². The summed E-state index contributed by atoms with van der Waals surface area (Å²) in [5.74, 6) is 3.03. The van der Waals surface area contributed by atoms with Crippen LogP contribution in [-0.4, -0.2) is 41.1 Å². The predicted octanol–water partition coefficient (Wildman–Crippen LogP) is 4.81. The van der Waals surface area contributed by atoms with Gasteiger partial charge < -0.3 is 18.6 Å². The van der Waals surface area contributed by atoms with Crippen molar-refractivity contribution in [2.45, 2.75) is 37.7 Å². The van der Waals surface area contributed by atoms with Crippen LogP contribution in [0.5, 0.6) is 17.2 Å². The summed E-state index contributed by atoms with van der Waals surface area (Å²) in [6, 6.07) is 10.9. The van der Waals surface area contributed by atoms with Crippen LogP contribution in [0.2, 0.25) is 0 Å². The van der Waals surface area contributed by atoms with Gasteiger partial charge in [0.05, 0.1) is 38.0 Å². The Morgan fingerprint density at radius 3 is 2.40 bits per heavy atom. The molecular weight excluding hydrogens is 468 g/mol. The molecule has 4 aromatic rings. The molecule has 9 nitrogen and oxygen atoms in total. The molecule has 0 unspecified atom stereocenters. The third kappa shape index (κ3) is 5.27. The highest BCUT2D eigenvalue weighted by atomic mass is 32.2. The fraction of sp³-hybridized carbons (Fsp3) is 0.360. The average molecular weight is 497 g/mol. The normalized spacial score (nSPS) is 11.3.